The second-order valence-corrected chi connectivity index (χ2v) is 38.9. The predicted molar refractivity (Wildman–Crippen MR) is 382 cm³/mol. The van der Waals surface area contributed by atoms with Crippen molar-refractivity contribution < 1.29 is 0 Å². The van der Waals surface area contributed by atoms with Crippen LogP contribution in [-0.2, 0) is 0 Å². The predicted octanol–water partition coefficient (Wildman–Crippen LogP) is 7.92. The third-order valence-corrected chi connectivity index (χ3v) is 27.4. The molecule has 74 heavy (non-hydrogen) atoms. The standard InChI is InChI=1S/C9H18Si.C9H16Si.C7H14Si.C7H12Si.C6H14Si.C6H12Si.C6H8Si.C5H10Si.C5H8Si.C3H8Si.CH4/c10-4-3-7-1-2-8-6-9(8)5-7;1-7(2)8-3-5-9(10)6-4-8;2*8-7-4-5-1-2-6(7)3-5;3*7-6-4-2-1-3-5-6;2*6-5-3-1-2-4-5;1-2-3-4;/h7-9H,1-6H2,10H3;3,5,7H,4,6H2,1-2,10H3;5-7H,1-4H2,8H3;1-2,5-7H,3-4H2,8H3;6H,1-5H2,7H3;1-2,6H,3-5H2,7H3;1-5H,7H3;1,3,5H,2,4H2,6H3;1-5H,6H3;2H,1,3H2,4H3;1H4. The van der Waals surface area contributed by atoms with Crippen LogP contribution in [0.25, 0.3) is 0 Å². The van der Waals surface area contributed by atoms with Crippen molar-refractivity contribution in [3.63, 3.8) is 0 Å². The Labute approximate surface area is 492 Å². The molecule has 0 aromatic heterocycles. The van der Waals surface area contributed by atoms with Gasteiger partial charge in [-0.05, 0) is 153 Å². The van der Waals surface area contributed by atoms with Gasteiger partial charge in [0.15, 0.2) is 0 Å². The van der Waals surface area contributed by atoms with Crippen LogP contribution in [-0.4, -0.2) is 102 Å². The van der Waals surface area contributed by atoms with Gasteiger partial charge in [-0.15, -0.1) is 6.58 Å². The van der Waals surface area contributed by atoms with Gasteiger partial charge in [0.25, 0.3) is 0 Å². The Balaban J connectivity index is 0.000000283. The van der Waals surface area contributed by atoms with E-state index in [0.717, 1.165) is 45.8 Å². The maximum absolute atomic E-state index is 3.51. The molecule has 11 aliphatic rings. The lowest BCUT2D eigenvalue weighted by molar-refractivity contribution is 0.335. The molecule has 1 aromatic rings. The molecule has 0 aliphatic heterocycles. The number of rotatable bonds is 4. The molecule has 0 N–H and O–H groups in total. The highest BCUT2D eigenvalue weighted by molar-refractivity contribution is 6.32. The lowest BCUT2D eigenvalue weighted by Gasteiger charge is -2.19. The van der Waals surface area contributed by atoms with E-state index in [-0.39, 0.29) is 7.43 Å². The van der Waals surface area contributed by atoms with Gasteiger partial charge >= 0.3 is 0 Å². The molecule has 0 nitrogen and oxygen atoms in total. The summed E-state index contributed by atoms with van der Waals surface area (Å²) in [5.41, 5.74) is 8.06. The largest absolute Gasteiger partial charge is 0.103 e. The zero-order chi connectivity index (χ0) is 53.2. The van der Waals surface area contributed by atoms with Crippen molar-refractivity contribution in [3.05, 3.63) is 127 Å². The van der Waals surface area contributed by atoms with Crippen molar-refractivity contribution in [1.29, 1.82) is 0 Å². The molecule has 11 atom stereocenters. The van der Waals surface area contributed by atoms with Crippen LogP contribution in [0.4, 0.5) is 0 Å². The van der Waals surface area contributed by atoms with E-state index in [9.17, 15) is 0 Å². The van der Waals surface area contributed by atoms with E-state index in [4.69, 9.17) is 0 Å². The lowest BCUT2D eigenvalue weighted by Crippen LogP contribution is -2.07. The monoisotopic (exact) mass is 1170 g/mol. The third kappa shape index (κ3) is 32.4. The minimum absolute atomic E-state index is 0. The van der Waals surface area contributed by atoms with Crippen molar-refractivity contribution in [3.8, 4) is 0 Å². The van der Waals surface area contributed by atoms with Gasteiger partial charge in [-0.25, -0.2) is 0 Å². The number of hydrogen-bond acceptors (Lipinski definition) is 0. The summed E-state index contributed by atoms with van der Waals surface area (Å²) in [6.07, 6.45) is 63.9. The summed E-state index contributed by atoms with van der Waals surface area (Å²) in [5.74, 6) is 8.72. The second-order valence-electron chi connectivity index (χ2n) is 25.6. The van der Waals surface area contributed by atoms with Crippen molar-refractivity contribution in [2.75, 3.05) is 0 Å². The first kappa shape index (κ1) is 69.4. The average Bonchev–Trinajstić information content (AvgIpc) is 4.15. The van der Waals surface area contributed by atoms with Gasteiger partial charge in [0, 0.05) is 102 Å². The van der Waals surface area contributed by atoms with E-state index in [1.165, 1.54) is 225 Å². The summed E-state index contributed by atoms with van der Waals surface area (Å²) < 4.78 is 0. The Morgan fingerprint density at radius 3 is 1.61 bits per heavy atom. The first-order valence-corrected chi connectivity index (χ1v) is 43.3. The summed E-state index contributed by atoms with van der Waals surface area (Å²) in [6, 6.07) is 13.2. The Kier molecular flexibility index (Phi) is 39.6. The highest BCUT2D eigenvalue weighted by Gasteiger charge is 2.41. The van der Waals surface area contributed by atoms with Gasteiger partial charge in [-0.2, -0.15) is 0 Å². The molecule has 0 heterocycles. The maximum atomic E-state index is 3.51. The fourth-order valence-electron chi connectivity index (χ4n) is 12.6. The normalized spacial score (nSPS) is 30.9. The molecule has 11 unspecified atom stereocenters. The Bertz CT molecular complexity index is 1780. The van der Waals surface area contributed by atoms with Crippen molar-refractivity contribution in [1.82, 2.24) is 0 Å². The lowest BCUT2D eigenvalue weighted by atomic mass is 9.87. The van der Waals surface area contributed by atoms with Gasteiger partial charge in [0.2, 0.25) is 0 Å². The van der Waals surface area contributed by atoms with E-state index in [2.05, 4.69) is 118 Å². The average molecular weight is 1170 g/mol. The first-order valence-electron chi connectivity index (χ1n) is 31.5. The summed E-state index contributed by atoms with van der Waals surface area (Å²) >= 11 is 0. The topological polar surface area (TPSA) is 0 Å². The Hall–Kier alpha value is -0.691. The number of benzene rings is 1. The van der Waals surface area contributed by atoms with Gasteiger partial charge in [-0.1, -0.05) is 233 Å². The molecule has 0 amide bonds. The van der Waals surface area contributed by atoms with Crippen molar-refractivity contribution in [2.24, 2.45) is 47.3 Å². The molecule has 6 fully saturated rings. The highest BCUT2D eigenvalue weighted by atomic mass is 28.2. The number of fused-ring (bicyclic) bond motifs is 5. The smallest absolute Gasteiger partial charge is 0.0384 e. The summed E-state index contributed by atoms with van der Waals surface area (Å²) in [4.78, 5) is 0. The molecule has 0 spiro atoms. The van der Waals surface area contributed by atoms with Crippen LogP contribution < -0.4 is 5.19 Å². The fraction of sp³-hybridized carbons (Fsp3) is 0.656. The molecular weight excluding hydrogens is 1050 g/mol. The molecule has 420 valence electrons. The molecule has 11 aliphatic carbocycles. The second kappa shape index (κ2) is 42.2. The van der Waals surface area contributed by atoms with Crippen LogP contribution in [0.2, 0.25) is 45.3 Å². The van der Waals surface area contributed by atoms with E-state index in [1.54, 1.807) is 87.4 Å². The molecule has 4 bridgehead atoms. The minimum Gasteiger partial charge on any atom is -0.103 e. The summed E-state index contributed by atoms with van der Waals surface area (Å²) in [7, 11) is 13.5. The van der Waals surface area contributed by atoms with Crippen molar-refractivity contribution in [2.45, 2.75) is 214 Å². The van der Waals surface area contributed by atoms with Crippen LogP contribution in [0.1, 0.15) is 169 Å². The van der Waals surface area contributed by atoms with E-state index in [1.807, 2.05) is 12.1 Å². The van der Waals surface area contributed by atoms with Gasteiger partial charge in [-0.3, -0.25) is 0 Å². The molecule has 6 saturated carbocycles. The zero-order valence-corrected chi connectivity index (χ0v) is 70.4. The highest BCUT2D eigenvalue weighted by Crippen LogP contribution is 2.52. The van der Waals surface area contributed by atoms with Crippen LogP contribution in [0.5, 0.6) is 0 Å². The zero-order valence-electron chi connectivity index (χ0n) is 50.4. The number of allylic oxidation sites excluding steroid dienone is 15. The molecular formula is C64H124Si10. The molecule has 12 rings (SSSR count). The Morgan fingerprint density at radius 1 is 0.608 bits per heavy atom. The molecule has 0 radical (unpaired) electrons. The molecule has 0 saturated heterocycles. The quantitative estimate of drug-likeness (QED) is 0.213. The maximum Gasteiger partial charge on any atom is 0.0384 e. The van der Waals surface area contributed by atoms with Gasteiger partial charge in [0.05, 0.1) is 0 Å². The van der Waals surface area contributed by atoms with E-state index >= 15 is 0 Å². The Morgan fingerprint density at radius 2 is 1.30 bits per heavy atom. The summed E-state index contributed by atoms with van der Waals surface area (Å²) in [6.45, 7) is 8.06. The summed E-state index contributed by atoms with van der Waals surface area (Å²) in [5, 5.41) is 3.12. The van der Waals surface area contributed by atoms with Crippen LogP contribution in [0, 0.1) is 47.3 Å². The number of hydrogen-bond donors (Lipinski definition) is 0. The van der Waals surface area contributed by atoms with Gasteiger partial charge < -0.3 is 0 Å². The van der Waals surface area contributed by atoms with Crippen LogP contribution in [0.3, 0.4) is 0 Å². The minimum atomic E-state index is 0. The van der Waals surface area contributed by atoms with Crippen LogP contribution >= 0.6 is 0 Å². The van der Waals surface area contributed by atoms with E-state index in [0.29, 0.717) is 0 Å². The van der Waals surface area contributed by atoms with Crippen LogP contribution in [0.15, 0.2) is 127 Å². The molecule has 1 aromatic carbocycles. The molecule has 10 heteroatoms. The third-order valence-electron chi connectivity index (χ3n) is 18.0. The SMILES string of the molecule is C.C=CC[SiH3].CC(C)C1=CC=C([SiH3])CC1.[SiH3]C1C=CC=C1.[SiH3]C1C=CCC1.[SiH3]C1CC2C=CC1C2.[SiH3]C1CC2CCC1C2.[SiH3]C1CC=CCC1.[SiH3]C1CCCCC1.[SiH3]CCC1CCC2CC2C1.[SiH3]c1ccccc1. The van der Waals surface area contributed by atoms with Gasteiger partial charge in [0.1, 0.15) is 0 Å². The van der Waals surface area contributed by atoms with E-state index < -0.39 is 0 Å². The first-order chi connectivity index (χ1) is 35.2. The van der Waals surface area contributed by atoms with Crippen molar-refractivity contribution >= 4 is 108 Å². The fourth-order valence-corrected chi connectivity index (χ4v) is 19.1.